The summed E-state index contributed by atoms with van der Waals surface area (Å²) in [6.45, 7) is 2.61. The van der Waals surface area contributed by atoms with Crippen LogP contribution < -0.4 is 10.2 Å². The summed E-state index contributed by atoms with van der Waals surface area (Å²) in [5.74, 6) is 3.06. The van der Waals surface area contributed by atoms with Crippen LogP contribution in [0.1, 0.15) is 15.9 Å². The molecular weight excluding hydrogens is 312 g/mol. The molecule has 0 atom stereocenters. The Bertz CT molecular complexity index is 672. The van der Waals surface area contributed by atoms with Gasteiger partial charge in [-0.25, -0.2) is 14.8 Å². The average molecular weight is 330 g/mol. The molecule has 1 aromatic carbocycles. The molecule has 0 aliphatic carbocycles. The van der Waals surface area contributed by atoms with Crippen LogP contribution in [0.15, 0.2) is 36.7 Å². The smallest absolute Gasteiger partial charge is 0.335 e. The SMILES string of the molecule is O=C(O)c1ccc(CNc2cc(N3CCSCC3)ncn2)cc1. The highest BCUT2D eigenvalue weighted by Crippen LogP contribution is 2.19. The highest BCUT2D eigenvalue weighted by Gasteiger charge is 2.12. The summed E-state index contributed by atoms with van der Waals surface area (Å²) in [7, 11) is 0. The predicted molar refractivity (Wildman–Crippen MR) is 92.3 cm³/mol. The molecule has 1 aromatic heterocycles. The number of aromatic carboxylic acids is 1. The fourth-order valence-electron chi connectivity index (χ4n) is 2.37. The minimum Gasteiger partial charge on any atom is -0.478 e. The van der Waals surface area contributed by atoms with E-state index in [1.807, 2.05) is 17.8 Å². The van der Waals surface area contributed by atoms with E-state index in [1.165, 1.54) is 0 Å². The molecule has 0 spiro atoms. The lowest BCUT2D eigenvalue weighted by atomic mass is 10.1. The van der Waals surface area contributed by atoms with Gasteiger partial charge in [-0.15, -0.1) is 0 Å². The minimum atomic E-state index is -0.912. The zero-order valence-corrected chi connectivity index (χ0v) is 13.4. The van der Waals surface area contributed by atoms with Crippen LogP contribution in [0.5, 0.6) is 0 Å². The van der Waals surface area contributed by atoms with Gasteiger partial charge in [0.05, 0.1) is 5.56 Å². The Kier molecular flexibility index (Phi) is 4.97. The number of carbonyl (C=O) groups is 1. The quantitative estimate of drug-likeness (QED) is 0.871. The molecule has 2 aromatic rings. The van der Waals surface area contributed by atoms with Gasteiger partial charge in [-0.1, -0.05) is 12.1 Å². The topological polar surface area (TPSA) is 78.4 Å². The van der Waals surface area contributed by atoms with Gasteiger partial charge in [0, 0.05) is 37.2 Å². The van der Waals surface area contributed by atoms with Crippen LogP contribution in [0.2, 0.25) is 0 Å². The zero-order chi connectivity index (χ0) is 16.1. The molecular formula is C16H18N4O2S. The lowest BCUT2D eigenvalue weighted by molar-refractivity contribution is 0.0697. The first-order valence-corrected chi connectivity index (χ1v) is 8.59. The fraction of sp³-hybridized carbons (Fsp3) is 0.312. The molecule has 120 valence electrons. The van der Waals surface area contributed by atoms with Gasteiger partial charge < -0.3 is 15.3 Å². The molecule has 1 saturated heterocycles. The van der Waals surface area contributed by atoms with Crippen LogP contribution in [0.3, 0.4) is 0 Å². The predicted octanol–water partition coefficient (Wildman–Crippen LogP) is 2.34. The molecule has 1 aliphatic rings. The number of rotatable bonds is 5. The number of thioether (sulfide) groups is 1. The lowest BCUT2D eigenvalue weighted by Crippen LogP contribution is -2.33. The van der Waals surface area contributed by atoms with Crippen LogP contribution in [0.4, 0.5) is 11.6 Å². The molecule has 0 bridgehead atoms. The monoisotopic (exact) mass is 330 g/mol. The summed E-state index contributed by atoms with van der Waals surface area (Å²) in [6.07, 6.45) is 1.58. The third-order valence-electron chi connectivity index (χ3n) is 3.66. The van der Waals surface area contributed by atoms with E-state index < -0.39 is 5.97 Å². The third kappa shape index (κ3) is 4.13. The average Bonchev–Trinajstić information content (AvgIpc) is 2.61. The van der Waals surface area contributed by atoms with Crippen molar-refractivity contribution in [1.29, 1.82) is 0 Å². The Hall–Kier alpha value is -2.28. The van der Waals surface area contributed by atoms with Crippen molar-refractivity contribution in [2.75, 3.05) is 34.8 Å². The molecule has 7 heteroatoms. The van der Waals surface area contributed by atoms with E-state index in [-0.39, 0.29) is 0 Å². The van der Waals surface area contributed by atoms with Crippen molar-refractivity contribution in [2.45, 2.75) is 6.54 Å². The van der Waals surface area contributed by atoms with Gasteiger partial charge in [0.15, 0.2) is 0 Å². The van der Waals surface area contributed by atoms with E-state index in [2.05, 4.69) is 20.2 Å². The maximum Gasteiger partial charge on any atom is 0.335 e. The normalized spacial score (nSPS) is 14.5. The first-order valence-electron chi connectivity index (χ1n) is 7.43. The molecule has 0 unspecified atom stereocenters. The molecule has 0 amide bonds. The molecule has 3 rings (SSSR count). The Balaban J connectivity index is 1.62. The van der Waals surface area contributed by atoms with Gasteiger partial charge in [0.2, 0.25) is 0 Å². The second kappa shape index (κ2) is 7.32. The maximum atomic E-state index is 10.8. The number of carboxylic acid groups (broad SMARTS) is 1. The minimum absolute atomic E-state index is 0.293. The van der Waals surface area contributed by atoms with Crippen molar-refractivity contribution in [3.8, 4) is 0 Å². The standard InChI is InChI=1S/C16H18N4O2S/c21-16(22)13-3-1-12(2-4-13)10-17-14-9-15(19-11-18-14)20-5-7-23-8-6-20/h1-4,9,11H,5-8,10H2,(H,21,22)(H,17,18,19). The lowest BCUT2D eigenvalue weighted by Gasteiger charge is -2.27. The molecule has 6 nitrogen and oxygen atoms in total. The molecule has 0 radical (unpaired) electrons. The van der Waals surface area contributed by atoms with Gasteiger partial charge in [-0.2, -0.15) is 11.8 Å². The van der Waals surface area contributed by atoms with E-state index in [4.69, 9.17) is 5.11 Å². The number of hydrogen-bond donors (Lipinski definition) is 2. The molecule has 2 heterocycles. The number of benzene rings is 1. The summed E-state index contributed by atoms with van der Waals surface area (Å²) in [5, 5.41) is 12.2. The maximum absolute atomic E-state index is 10.8. The van der Waals surface area contributed by atoms with Gasteiger partial charge in [-0.3, -0.25) is 0 Å². The first kappa shape index (κ1) is 15.6. The van der Waals surface area contributed by atoms with Crippen molar-refractivity contribution >= 4 is 29.4 Å². The van der Waals surface area contributed by atoms with Crippen molar-refractivity contribution in [3.63, 3.8) is 0 Å². The van der Waals surface area contributed by atoms with Crippen LogP contribution in [0, 0.1) is 0 Å². The Morgan fingerprint density at radius 1 is 1.22 bits per heavy atom. The van der Waals surface area contributed by atoms with Gasteiger partial charge in [0.1, 0.15) is 18.0 Å². The number of anilines is 2. The first-order chi connectivity index (χ1) is 11.2. The van der Waals surface area contributed by atoms with E-state index in [1.54, 1.807) is 30.6 Å². The Morgan fingerprint density at radius 3 is 2.65 bits per heavy atom. The Labute approximate surface area is 139 Å². The third-order valence-corrected chi connectivity index (χ3v) is 4.60. The van der Waals surface area contributed by atoms with Crippen LogP contribution >= 0.6 is 11.8 Å². The highest BCUT2D eigenvalue weighted by molar-refractivity contribution is 7.99. The molecule has 0 saturated carbocycles. The number of aromatic nitrogens is 2. The second-order valence-corrected chi connectivity index (χ2v) is 6.44. The second-order valence-electron chi connectivity index (χ2n) is 5.22. The van der Waals surface area contributed by atoms with Crippen LogP contribution in [-0.2, 0) is 6.54 Å². The van der Waals surface area contributed by atoms with Gasteiger partial charge in [-0.05, 0) is 17.7 Å². The van der Waals surface area contributed by atoms with Gasteiger partial charge >= 0.3 is 5.97 Å². The number of hydrogen-bond acceptors (Lipinski definition) is 6. The van der Waals surface area contributed by atoms with Crippen LogP contribution in [-0.4, -0.2) is 45.6 Å². The summed E-state index contributed by atoms with van der Waals surface area (Å²) in [5.41, 5.74) is 1.30. The summed E-state index contributed by atoms with van der Waals surface area (Å²) in [6, 6.07) is 8.79. The molecule has 2 N–H and O–H groups in total. The van der Waals surface area contributed by atoms with Crippen molar-refractivity contribution in [1.82, 2.24) is 9.97 Å². The zero-order valence-electron chi connectivity index (χ0n) is 12.6. The van der Waals surface area contributed by atoms with Crippen molar-refractivity contribution in [2.24, 2.45) is 0 Å². The fourth-order valence-corrected chi connectivity index (χ4v) is 3.27. The van der Waals surface area contributed by atoms with Crippen molar-refractivity contribution in [3.05, 3.63) is 47.8 Å². The number of nitrogens with one attached hydrogen (secondary N) is 1. The highest BCUT2D eigenvalue weighted by atomic mass is 32.2. The summed E-state index contributed by atoms with van der Waals surface area (Å²) in [4.78, 5) is 21.7. The molecule has 1 aliphatic heterocycles. The van der Waals surface area contributed by atoms with E-state index in [0.29, 0.717) is 12.1 Å². The number of carboxylic acids is 1. The molecule has 1 fully saturated rings. The Morgan fingerprint density at radius 2 is 1.96 bits per heavy atom. The number of nitrogens with zero attached hydrogens (tertiary/aromatic N) is 3. The van der Waals surface area contributed by atoms with Crippen LogP contribution in [0.25, 0.3) is 0 Å². The van der Waals surface area contributed by atoms with E-state index in [9.17, 15) is 4.79 Å². The summed E-state index contributed by atoms with van der Waals surface area (Å²) >= 11 is 1.97. The largest absolute Gasteiger partial charge is 0.478 e. The van der Waals surface area contributed by atoms with E-state index in [0.717, 1.165) is 41.8 Å². The van der Waals surface area contributed by atoms with Crippen molar-refractivity contribution < 1.29 is 9.90 Å². The molecule has 23 heavy (non-hydrogen) atoms. The summed E-state index contributed by atoms with van der Waals surface area (Å²) < 4.78 is 0. The van der Waals surface area contributed by atoms with Gasteiger partial charge in [0.25, 0.3) is 0 Å². The van der Waals surface area contributed by atoms with E-state index >= 15 is 0 Å².